The van der Waals surface area contributed by atoms with E-state index >= 15 is 0 Å². The third kappa shape index (κ3) is 3.55. The van der Waals surface area contributed by atoms with Crippen molar-refractivity contribution >= 4 is 16.9 Å². The Hall–Kier alpha value is -1.92. The maximum Gasteiger partial charge on any atom is 0.287 e. The second kappa shape index (κ2) is 6.49. The number of amides is 1. The number of hydrogen-bond acceptors (Lipinski definition) is 4. The van der Waals surface area contributed by atoms with Crippen LogP contribution in [-0.4, -0.2) is 37.4 Å². The highest BCUT2D eigenvalue weighted by molar-refractivity contribution is 5.96. The second-order valence-corrected chi connectivity index (χ2v) is 4.45. The largest absolute Gasteiger partial charge is 0.451 e. The number of nitrogens with one attached hydrogen (secondary N) is 1. The molecule has 0 saturated heterocycles. The van der Waals surface area contributed by atoms with Gasteiger partial charge in [-0.3, -0.25) is 4.79 Å². The zero-order valence-corrected chi connectivity index (χ0v) is 11.1. The van der Waals surface area contributed by atoms with E-state index in [2.05, 4.69) is 5.32 Å². The summed E-state index contributed by atoms with van der Waals surface area (Å²) in [6, 6.07) is 5.54. The smallest absolute Gasteiger partial charge is 0.287 e. The fourth-order valence-corrected chi connectivity index (χ4v) is 1.84. The number of fused-ring (bicyclic) bond motifs is 1. The summed E-state index contributed by atoms with van der Waals surface area (Å²) in [5.41, 5.74) is 0.455. The number of ether oxygens (including phenoxy) is 1. The topological polar surface area (TPSA) is 71.7 Å². The molecule has 5 nitrogen and oxygen atoms in total. The third-order valence-corrected chi connectivity index (χ3v) is 2.82. The second-order valence-electron chi connectivity index (χ2n) is 4.45. The van der Waals surface area contributed by atoms with E-state index in [1.807, 2.05) is 0 Å². The molecule has 0 aliphatic rings. The first-order valence-electron chi connectivity index (χ1n) is 6.24. The number of halogens is 1. The van der Waals surface area contributed by atoms with Gasteiger partial charge in [-0.1, -0.05) is 0 Å². The van der Waals surface area contributed by atoms with Crippen molar-refractivity contribution in [1.82, 2.24) is 5.32 Å². The molecule has 0 spiro atoms. The van der Waals surface area contributed by atoms with Gasteiger partial charge >= 0.3 is 0 Å². The van der Waals surface area contributed by atoms with E-state index in [-0.39, 0.29) is 18.2 Å². The Morgan fingerprint density at radius 2 is 2.30 bits per heavy atom. The van der Waals surface area contributed by atoms with Crippen LogP contribution in [0.2, 0.25) is 0 Å². The van der Waals surface area contributed by atoms with Crippen molar-refractivity contribution in [3.63, 3.8) is 0 Å². The molecule has 0 aliphatic heterocycles. The van der Waals surface area contributed by atoms with E-state index in [4.69, 9.17) is 9.15 Å². The SMILES string of the molecule is COCC(O)CCNC(=O)c1cc2cc(F)ccc2o1. The van der Waals surface area contributed by atoms with Gasteiger partial charge in [-0.25, -0.2) is 4.39 Å². The summed E-state index contributed by atoms with van der Waals surface area (Å²) in [5, 5.41) is 12.6. The molecule has 0 aliphatic carbocycles. The number of benzene rings is 1. The normalized spacial score (nSPS) is 12.6. The fourth-order valence-electron chi connectivity index (χ4n) is 1.84. The quantitative estimate of drug-likeness (QED) is 0.845. The van der Waals surface area contributed by atoms with Crippen molar-refractivity contribution < 1.29 is 23.4 Å². The van der Waals surface area contributed by atoms with Gasteiger partial charge in [-0.15, -0.1) is 0 Å². The van der Waals surface area contributed by atoms with Crippen LogP contribution in [0.4, 0.5) is 4.39 Å². The summed E-state index contributed by atoms with van der Waals surface area (Å²) in [6.45, 7) is 0.522. The highest BCUT2D eigenvalue weighted by Crippen LogP contribution is 2.20. The van der Waals surface area contributed by atoms with E-state index in [1.54, 1.807) is 0 Å². The molecule has 1 heterocycles. The Balaban J connectivity index is 1.94. The number of rotatable bonds is 6. The zero-order chi connectivity index (χ0) is 14.5. The van der Waals surface area contributed by atoms with Gasteiger partial charge in [0.05, 0.1) is 12.7 Å². The van der Waals surface area contributed by atoms with Crippen molar-refractivity contribution in [3.05, 3.63) is 35.8 Å². The van der Waals surface area contributed by atoms with Crippen LogP contribution in [0.3, 0.4) is 0 Å². The van der Waals surface area contributed by atoms with Gasteiger partial charge in [0.25, 0.3) is 5.91 Å². The maximum atomic E-state index is 13.0. The van der Waals surface area contributed by atoms with Gasteiger partial charge in [0.1, 0.15) is 11.4 Å². The van der Waals surface area contributed by atoms with Crippen LogP contribution in [0, 0.1) is 5.82 Å². The Kier molecular flexibility index (Phi) is 4.70. The van der Waals surface area contributed by atoms with Gasteiger partial charge in [-0.05, 0) is 30.7 Å². The Morgan fingerprint density at radius 1 is 1.50 bits per heavy atom. The van der Waals surface area contributed by atoms with Crippen LogP contribution < -0.4 is 5.32 Å². The molecule has 2 N–H and O–H groups in total. The minimum Gasteiger partial charge on any atom is -0.451 e. The first kappa shape index (κ1) is 14.5. The molecule has 0 fully saturated rings. The van der Waals surface area contributed by atoms with Crippen molar-refractivity contribution in [2.45, 2.75) is 12.5 Å². The summed E-state index contributed by atoms with van der Waals surface area (Å²) >= 11 is 0. The molecule has 1 aromatic heterocycles. The fraction of sp³-hybridized carbons (Fsp3) is 0.357. The average Bonchev–Trinajstić information content (AvgIpc) is 2.82. The average molecular weight is 281 g/mol. The van der Waals surface area contributed by atoms with E-state index in [9.17, 15) is 14.3 Å². The number of aliphatic hydroxyl groups excluding tert-OH is 1. The first-order chi connectivity index (χ1) is 9.60. The number of carbonyl (C=O) groups excluding carboxylic acids is 1. The highest BCUT2D eigenvalue weighted by atomic mass is 19.1. The number of aliphatic hydroxyl groups is 1. The van der Waals surface area contributed by atoms with E-state index in [0.29, 0.717) is 23.9 Å². The maximum absolute atomic E-state index is 13.0. The molecule has 1 aromatic carbocycles. The van der Waals surface area contributed by atoms with Crippen LogP contribution in [0.25, 0.3) is 11.0 Å². The number of hydrogen-bond donors (Lipinski definition) is 2. The molecule has 20 heavy (non-hydrogen) atoms. The molecule has 1 amide bonds. The number of methoxy groups -OCH3 is 1. The van der Waals surface area contributed by atoms with Crippen LogP contribution >= 0.6 is 0 Å². The predicted octanol–water partition coefficient (Wildman–Crippen LogP) is 1.70. The van der Waals surface area contributed by atoms with Crippen LogP contribution in [-0.2, 0) is 4.74 Å². The van der Waals surface area contributed by atoms with E-state index in [0.717, 1.165) is 0 Å². The van der Waals surface area contributed by atoms with Gasteiger partial charge in [0.2, 0.25) is 0 Å². The van der Waals surface area contributed by atoms with E-state index in [1.165, 1.54) is 31.4 Å². The molecule has 1 unspecified atom stereocenters. The summed E-state index contributed by atoms with van der Waals surface area (Å²) in [5.74, 6) is -0.661. The standard InChI is InChI=1S/C14H16FNO4/c1-19-8-11(17)4-5-16-14(18)13-7-9-6-10(15)2-3-12(9)20-13/h2-3,6-7,11,17H,4-5,8H2,1H3,(H,16,18). The summed E-state index contributed by atoms with van der Waals surface area (Å²) in [4.78, 5) is 11.8. The molecule has 1 atom stereocenters. The zero-order valence-electron chi connectivity index (χ0n) is 11.1. The molecule has 0 saturated carbocycles. The summed E-state index contributed by atoms with van der Waals surface area (Å²) < 4.78 is 23.1. The molecular formula is C14H16FNO4. The van der Waals surface area contributed by atoms with Crippen LogP contribution in [0.5, 0.6) is 0 Å². The van der Waals surface area contributed by atoms with Crippen molar-refractivity contribution in [1.29, 1.82) is 0 Å². The van der Waals surface area contributed by atoms with Gasteiger partial charge in [0, 0.05) is 19.0 Å². The molecule has 0 radical (unpaired) electrons. The Labute approximate surface area is 115 Å². The van der Waals surface area contributed by atoms with E-state index < -0.39 is 12.0 Å². The third-order valence-electron chi connectivity index (χ3n) is 2.82. The molecule has 0 bridgehead atoms. The number of furan rings is 1. The molecule has 2 rings (SSSR count). The summed E-state index contributed by atoms with van der Waals surface area (Å²) in [6.07, 6.45) is -0.237. The Morgan fingerprint density at radius 3 is 3.05 bits per heavy atom. The summed E-state index contributed by atoms with van der Waals surface area (Å²) in [7, 11) is 1.50. The Bertz CT molecular complexity index is 596. The van der Waals surface area contributed by atoms with Crippen molar-refractivity contribution in [3.8, 4) is 0 Å². The van der Waals surface area contributed by atoms with Gasteiger partial charge in [-0.2, -0.15) is 0 Å². The van der Waals surface area contributed by atoms with Crippen LogP contribution in [0.15, 0.2) is 28.7 Å². The lowest BCUT2D eigenvalue weighted by Crippen LogP contribution is -2.28. The lowest BCUT2D eigenvalue weighted by molar-refractivity contribution is 0.0586. The number of carbonyl (C=O) groups is 1. The first-order valence-corrected chi connectivity index (χ1v) is 6.24. The highest BCUT2D eigenvalue weighted by Gasteiger charge is 2.13. The van der Waals surface area contributed by atoms with Crippen molar-refractivity contribution in [2.24, 2.45) is 0 Å². The van der Waals surface area contributed by atoms with Crippen molar-refractivity contribution in [2.75, 3.05) is 20.3 Å². The van der Waals surface area contributed by atoms with Crippen LogP contribution in [0.1, 0.15) is 17.0 Å². The predicted molar refractivity (Wildman–Crippen MR) is 71.0 cm³/mol. The molecule has 2 aromatic rings. The lowest BCUT2D eigenvalue weighted by Gasteiger charge is -2.09. The minimum absolute atomic E-state index is 0.117. The lowest BCUT2D eigenvalue weighted by atomic mass is 10.2. The molecule has 6 heteroatoms. The molecular weight excluding hydrogens is 265 g/mol. The van der Waals surface area contributed by atoms with Gasteiger partial charge in [0.15, 0.2) is 5.76 Å². The molecule has 108 valence electrons. The minimum atomic E-state index is -0.620. The van der Waals surface area contributed by atoms with Gasteiger partial charge < -0.3 is 19.6 Å². The monoisotopic (exact) mass is 281 g/mol.